The minimum absolute atomic E-state index is 0. The van der Waals surface area contributed by atoms with E-state index in [9.17, 15) is 4.79 Å². The normalized spacial score (nSPS) is 26.6. The summed E-state index contributed by atoms with van der Waals surface area (Å²) in [6, 6.07) is 0.0380. The summed E-state index contributed by atoms with van der Waals surface area (Å²) < 4.78 is 0. The van der Waals surface area contributed by atoms with E-state index in [4.69, 9.17) is 0 Å². The standard InChI is InChI=1S/C15H29N3O.2ClH/c1-12-6-5-9-18(10-12)15(2,3)11-17-14(19)13-7-4-8-16-13;;/h12-13,16H,4-11H2,1-3H3,(H,17,19);2*1H. The van der Waals surface area contributed by atoms with E-state index in [1.165, 1.54) is 12.8 Å². The number of nitrogens with zero attached hydrogens (tertiary/aromatic N) is 1. The number of carbonyl (C=O) groups excluding carboxylic acids is 1. The van der Waals surface area contributed by atoms with Crippen LogP contribution in [0.5, 0.6) is 0 Å². The summed E-state index contributed by atoms with van der Waals surface area (Å²) in [6.07, 6.45) is 4.71. The third kappa shape index (κ3) is 5.93. The molecule has 0 spiro atoms. The van der Waals surface area contributed by atoms with E-state index in [1.807, 2.05) is 0 Å². The van der Waals surface area contributed by atoms with Gasteiger partial charge in [0.2, 0.25) is 5.91 Å². The van der Waals surface area contributed by atoms with Gasteiger partial charge in [-0.05, 0) is 58.5 Å². The van der Waals surface area contributed by atoms with E-state index < -0.39 is 0 Å². The molecule has 6 heteroatoms. The molecule has 2 unspecified atom stereocenters. The average Bonchev–Trinajstić information content (AvgIpc) is 2.90. The van der Waals surface area contributed by atoms with Gasteiger partial charge in [-0.1, -0.05) is 6.92 Å². The molecule has 0 saturated carbocycles. The van der Waals surface area contributed by atoms with Gasteiger partial charge in [0.05, 0.1) is 6.04 Å². The molecule has 2 aliphatic heterocycles. The van der Waals surface area contributed by atoms with Gasteiger partial charge in [-0.2, -0.15) is 0 Å². The highest BCUT2D eigenvalue weighted by atomic mass is 35.5. The van der Waals surface area contributed by atoms with E-state index in [-0.39, 0.29) is 42.3 Å². The lowest BCUT2D eigenvalue weighted by atomic mass is 9.93. The SMILES string of the molecule is CC1CCCN(C(C)(C)CNC(=O)C2CCCN2)C1.Cl.Cl. The molecular weight excluding hydrogens is 309 g/mol. The van der Waals surface area contributed by atoms with Gasteiger partial charge >= 0.3 is 0 Å². The zero-order chi connectivity index (χ0) is 13.9. The molecule has 2 atom stereocenters. The van der Waals surface area contributed by atoms with Crippen LogP contribution in [-0.4, -0.2) is 48.6 Å². The summed E-state index contributed by atoms with van der Waals surface area (Å²) in [5, 5.41) is 6.39. The first-order valence-corrected chi connectivity index (χ1v) is 7.75. The van der Waals surface area contributed by atoms with Crippen LogP contribution in [0.25, 0.3) is 0 Å². The highest BCUT2D eigenvalue weighted by Gasteiger charge is 2.31. The number of hydrogen-bond donors (Lipinski definition) is 2. The first kappa shape index (κ1) is 21.0. The van der Waals surface area contributed by atoms with Gasteiger partial charge in [-0.25, -0.2) is 0 Å². The fourth-order valence-electron chi connectivity index (χ4n) is 3.19. The average molecular weight is 340 g/mol. The third-order valence-electron chi connectivity index (χ3n) is 4.59. The van der Waals surface area contributed by atoms with Crippen molar-refractivity contribution >= 4 is 30.7 Å². The number of likely N-dealkylation sites (tertiary alicyclic amines) is 1. The number of amides is 1. The largest absolute Gasteiger partial charge is 0.353 e. The minimum atomic E-state index is 0. The predicted molar refractivity (Wildman–Crippen MR) is 92.6 cm³/mol. The molecule has 0 radical (unpaired) electrons. The maximum atomic E-state index is 12.0. The van der Waals surface area contributed by atoms with Crippen molar-refractivity contribution in [3.05, 3.63) is 0 Å². The molecule has 126 valence electrons. The van der Waals surface area contributed by atoms with Crippen LogP contribution in [0.3, 0.4) is 0 Å². The molecule has 2 N–H and O–H groups in total. The van der Waals surface area contributed by atoms with Gasteiger partial charge in [0.15, 0.2) is 0 Å². The zero-order valence-electron chi connectivity index (χ0n) is 13.5. The molecule has 2 saturated heterocycles. The molecule has 2 heterocycles. The van der Waals surface area contributed by atoms with Gasteiger partial charge < -0.3 is 10.6 Å². The van der Waals surface area contributed by atoms with Crippen LogP contribution in [0.15, 0.2) is 0 Å². The summed E-state index contributed by atoms with van der Waals surface area (Å²) in [7, 11) is 0. The molecule has 0 aromatic rings. The van der Waals surface area contributed by atoms with Crippen LogP contribution in [0, 0.1) is 5.92 Å². The Bertz CT molecular complexity index is 320. The number of halogens is 2. The third-order valence-corrected chi connectivity index (χ3v) is 4.59. The topological polar surface area (TPSA) is 44.4 Å². The molecule has 2 aliphatic rings. The highest BCUT2D eigenvalue weighted by Crippen LogP contribution is 2.23. The van der Waals surface area contributed by atoms with Crippen LogP contribution in [0.2, 0.25) is 0 Å². The minimum Gasteiger partial charge on any atom is -0.353 e. The number of rotatable bonds is 4. The van der Waals surface area contributed by atoms with Crippen molar-refractivity contribution in [2.75, 3.05) is 26.2 Å². The Morgan fingerprint density at radius 2 is 2.00 bits per heavy atom. The van der Waals surface area contributed by atoms with E-state index in [0.717, 1.165) is 44.9 Å². The molecule has 0 aromatic carbocycles. The second-order valence-electron chi connectivity index (χ2n) is 6.87. The van der Waals surface area contributed by atoms with E-state index in [0.29, 0.717) is 0 Å². The molecule has 0 bridgehead atoms. The van der Waals surface area contributed by atoms with Crippen LogP contribution >= 0.6 is 24.8 Å². The Hall–Kier alpha value is -0.0300. The van der Waals surface area contributed by atoms with Crippen molar-refractivity contribution in [3.63, 3.8) is 0 Å². The number of piperidine rings is 1. The molecule has 2 fully saturated rings. The number of carbonyl (C=O) groups is 1. The smallest absolute Gasteiger partial charge is 0.237 e. The number of hydrogen-bond acceptors (Lipinski definition) is 3. The maximum Gasteiger partial charge on any atom is 0.237 e. The van der Waals surface area contributed by atoms with Crippen molar-refractivity contribution in [3.8, 4) is 0 Å². The molecule has 2 rings (SSSR count). The van der Waals surface area contributed by atoms with Gasteiger partial charge in [-0.15, -0.1) is 24.8 Å². The van der Waals surface area contributed by atoms with Crippen molar-refractivity contribution in [2.45, 2.75) is 58.0 Å². The fraction of sp³-hybridized carbons (Fsp3) is 0.933. The lowest BCUT2D eigenvalue weighted by molar-refractivity contribution is -0.123. The fourth-order valence-corrected chi connectivity index (χ4v) is 3.19. The second-order valence-corrected chi connectivity index (χ2v) is 6.87. The summed E-state index contributed by atoms with van der Waals surface area (Å²) in [6.45, 7) is 10.9. The molecule has 1 amide bonds. The van der Waals surface area contributed by atoms with Crippen molar-refractivity contribution in [1.29, 1.82) is 0 Å². The molecular formula is C15H31Cl2N3O. The maximum absolute atomic E-state index is 12.0. The number of nitrogens with one attached hydrogen (secondary N) is 2. The Morgan fingerprint density at radius 3 is 2.57 bits per heavy atom. The summed E-state index contributed by atoms with van der Waals surface area (Å²) in [4.78, 5) is 14.6. The quantitative estimate of drug-likeness (QED) is 0.825. The monoisotopic (exact) mass is 339 g/mol. The van der Waals surface area contributed by atoms with Gasteiger partial charge in [0, 0.05) is 18.6 Å². The summed E-state index contributed by atoms with van der Waals surface area (Å²) in [5.74, 6) is 0.954. The molecule has 0 aromatic heterocycles. The highest BCUT2D eigenvalue weighted by molar-refractivity contribution is 5.85. The molecule has 0 aliphatic carbocycles. The summed E-state index contributed by atoms with van der Waals surface area (Å²) in [5.41, 5.74) is 0.0585. The van der Waals surface area contributed by atoms with Gasteiger partial charge in [0.1, 0.15) is 0 Å². The van der Waals surface area contributed by atoms with Crippen molar-refractivity contribution in [1.82, 2.24) is 15.5 Å². The van der Waals surface area contributed by atoms with E-state index in [1.54, 1.807) is 0 Å². The van der Waals surface area contributed by atoms with E-state index >= 15 is 0 Å². The van der Waals surface area contributed by atoms with Crippen LogP contribution < -0.4 is 10.6 Å². The molecule has 4 nitrogen and oxygen atoms in total. The Labute approximate surface area is 141 Å². The lowest BCUT2D eigenvalue weighted by Gasteiger charge is -2.43. The lowest BCUT2D eigenvalue weighted by Crippen LogP contribution is -2.56. The summed E-state index contributed by atoms with van der Waals surface area (Å²) >= 11 is 0. The first-order valence-electron chi connectivity index (χ1n) is 7.75. The van der Waals surface area contributed by atoms with Crippen LogP contribution in [0.4, 0.5) is 0 Å². The Balaban J connectivity index is 0.00000200. The van der Waals surface area contributed by atoms with Gasteiger partial charge in [0.25, 0.3) is 0 Å². The Kier molecular flexibility index (Phi) is 9.17. The first-order chi connectivity index (χ1) is 8.99. The van der Waals surface area contributed by atoms with Gasteiger partial charge in [-0.3, -0.25) is 9.69 Å². The van der Waals surface area contributed by atoms with Crippen molar-refractivity contribution < 1.29 is 4.79 Å². The van der Waals surface area contributed by atoms with E-state index in [2.05, 4.69) is 36.3 Å². The Morgan fingerprint density at radius 1 is 1.29 bits per heavy atom. The van der Waals surface area contributed by atoms with Crippen LogP contribution in [-0.2, 0) is 4.79 Å². The zero-order valence-corrected chi connectivity index (χ0v) is 15.1. The van der Waals surface area contributed by atoms with Crippen LogP contribution in [0.1, 0.15) is 46.5 Å². The molecule has 21 heavy (non-hydrogen) atoms. The second kappa shape index (κ2) is 9.19. The predicted octanol–water partition coefficient (Wildman–Crippen LogP) is 2.21. The van der Waals surface area contributed by atoms with Crippen molar-refractivity contribution in [2.24, 2.45) is 5.92 Å².